The molecule has 0 aliphatic rings. The number of hydrogen-bond acceptors (Lipinski definition) is 1. The van der Waals surface area contributed by atoms with Crippen LogP contribution in [0.2, 0.25) is 0 Å². The summed E-state index contributed by atoms with van der Waals surface area (Å²) in [6.07, 6.45) is 0. The minimum absolute atomic E-state index is 0.0997. The van der Waals surface area contributed by atoms with Crippen molar-refractivity contribution in [2.24, 2.45) is 0 Å². The van der Waals surface area contributed by atoms with E-state index in [9.17, 15) is 4.79 Å². The van der Waals surface area contributed by atoms with Crippen molar-refractivity contribution in [2.75, 3.05) is 0 Å². The van der Waals surface area contributed by atoms with Gasteiger partial charge in [-0.2, -0.15) is 0 Å². The third-order valence-corrected chi connectivity index (χ3v) is 3.39. The number of Topliss-reactive ketones (excluding diaryl/α,β-unsaturated/α-hetero) is 1. The van der Waals surface area contributed by atoms with Gasteiger partial charge in [-0.05, 0) is 73.7 Å². The summed E-state index contributed by atoms with van der Waals surface area (Å²) < 4.78 is 0. The SMILES string of the molecule is C=C(C)c1cc(C)cc(-c2cc(C)cc(C(C)=O)c2)c1. The zero-order valence-corrected chi connectivity index (χ0v) is 12.6. The fourth-order valence-electron chi connectivity index (χ4n) is 2.35. The number of rotatable bonds is 3. The summed E-state index contributed by atoms with van der Waals surface area (Å²) in [6.45, 7) is 11.7. The van der Waals surface area contributed by atoms with Crippen molar-refractivity contribution in [2.45, 2.75) is 27.7 Å². The van der Waals surface area contributed by atoms with Crippen LogP contribution in [0.5, 0.6) is 0 Å². The van der Waals surface area contributed by atoms with Crippen molar-refractivity contribution in [3.63, 3.8) is 0 Å². The van der Waals surface area contributed by atoms with E-state index < -0.39 is 0 Å². The molecule has 2 aromatic carbocycles. The van der Waals surface area contributed by atoms with Crippen LogP contribution < -0.4 is 0 Å². The zero-order valence-electron chi connectivity index (χ0n) is 12.6. The summed E-state index contributed by atoms with van der Waals surface area (Å²) in [5.41, 5.74) is 7.48. The van der Waals surface area contributed by atoms with Gasteiger partial charge in [-0.3, -0.25) is 4.79 Å². The molecule has 20 heavy (non-hydrogen) atoms. The molecule has 0 atom stereocenters. The molecule has 0 fully saturated rings. The normalized spacial score (nSPS) is 10.4. The third kappa shape index (κ3) is 3.05. The van der Waals surface area contributed by atoms with E-state index in [0.717, 1.165) is 33.4 Å². The Bertz CT molecular complexity index is 631. The van der Waals surface area contributed by atoms with Gasteiger partial charge in [0.25, 0.3) is 0 Å². The van der Waals surface area contributed by atoms with Crippen molar-refractivity contribution < 1.29 is 4.79 Å². The number of aryl methyl sites for hydroxylation is 2. The lowest BCUT2D eigenvalue weighted by atomic mass is 9.95. The molecule has 2 rings (SSSR count). The van der Waals surface area contributed by atoms with Gasteiger partial charge in [-0.1, -0.05) is 30.4 Å². The van der Waals surface area contributed by atoms with Crippen LogP contribution in [-0.4, -0.2) is 5.78 Å². The molecule has 0 spiro atoms. The van der Waals surface area contributed by atoms with Gasteiger partial charge in [0.2, 0.25) is 0 Å². The number of ketones is 1. The Morgan fingerprint density at radius 2 is 1.25 bits per heavy atom. The number of carbonyl (C=O) groups is 1. The fraction of sp³-hybridized carbons (Fsp3) is 0.211. The maximum Gasteiger partial charge on any atom is 0.159 e. The molecule has 0 unspecified atom stereocenters. The Kier molecular flexibility index (Phi) is 3.89. The highest BCUT2D eigenvalue weighted by Crippen LogP contribution is 2.27. The second-order valence-electron chi connectivity index (χ2n) is 5.51. The van der Waals surface area contributed by atoms with E-state index >= 15 is 0 Å². The molecule has 0 N–H and O–H groups in total. The van der Waals surface area contributed by atoms with E-state index in [1.54, 1.807) is 6.92 Å². The molecule has 0 bridgehead atoms. The molecular formula is C19H20O. The quantitative estimate of drug-likeness (QED) is 0.696. The maximum atomic E-state index is 11.6. The van der Waals surface area contributed by atoms with Crippen LogP contribution in [0.4, 0.5) is 0 Å². The van der Waals surface area contributed by atoms with E-state index in [1.165, 1.54) is 5.56 Å². The van der Waals surface area contributed by atoms with Gasteiger partial charge in [-0.15, -0.1) is 0 Å². The van der Waals surface area contributed by atoms with Crippen LogP contribution in [0.3, 0.4) is 0 Å². The second kappa shape index (κ2) is 5.46. The van der Waals surface area contributed by atoms with Crippen LogP contribution in [0.25, 0.3) is 16.7 Å². The Morgan fingerprint density at radius 3 is 1.70 bits per heavy atom. The topological polar surface area (TPSA) is 17.1 Å². The summed E-state index contributed by atoms with van der Waals surface area (Å²) >= 11 is 0. The molecule has 0 saturated carbocycles. The number of carbonyl (C=O) groups excluding carboxylic acids is 1. The first-order chi connectivity index (χ1) is 9.36. The monoisotopic (exact) mass is 264 g/mol. The Hall–Kier alpha value is -2.15. The fourth-order valence-corrected chi connectivity index (χ4v) is 2.35. The summed E-state index contributed by atoms with van der Waals surface area (Å²) in [4.78, 5) is 11.6. The highest BCUT2D eigenvalue weighted by Gasteiger charge is 2.07. The standard InChI is InChI=1S/C19H20O/c1-12(2)16-6-13(3)8-18(10-16)19-9-14(4)7-17(11-19)15(5)20/h6-11H,1H2,2-5H3. The summed E-state index contributed by atoms with van der Waals surface area (Å²) in [5, 5.41) is 0. The molecule has 0 aliphatic carbocycles. The second-order valence-corrected chi connectivity index (χ2v) is 5.51. The molecule has 102 valence electrons. The van der Waals surface area contributed by atoms with Crippen molar-refractivity contribution in [3.05, 3.63) is 65.2 Å². The first-order valence-corrected chi connectivity index (χ1v) is 6.77. The minimum Gasteiger partial charge on any atom is -0.295 e. The molecule has 0 heterocycles. The van der Waals surface area contributed by atoms with Crippen molar-refractivity contribution in [3.8, 4) is 11.1 Å². The van der Waals surface area contributed by atoms with Crippen LogP contribution in [-0.2, 0) is 0 Å². The summed E-state index contributed by atoms with van der Waals surface area (Å²) in [7, 11) is 0. The van der Waals surface area contributed by atoms with E-state index in [4.69, 9.17) is 0 Å². The molecule has 0 aliphatic heterocycles. The van der Waals surface area contributed by atoms with Gasteiger partial charge in [0, 0.05) is 5.56 Å². The highest BCUT2D eigenvalue weighted by atomic mass is 16.1. The molecular weight excluding hydrogens is 244 g/mol. The molecule has 0 aromatic heterocycles. The lowest BCUT2D eigenvalue weighted by Gasteiger charge is -2.10. The van der Waals surface area contributed by atoms with Crippen molar-refractivity contribution in [1.29, 1.82) is 0 Å². The van der Waals surface area contributed by atoms with Gasteiger partial charge >= 0.3 is 0 Å². The molecule has 0 saturated heterocycles. The predicted octanol–water partition coefficient (Wildman–Crippen LogP) is 5.21. The smallest absolute Gasteiger partial charge is 0.159 e. The van der Waals surface area contributed by atoms with Gasteiger partial charge in [0.05, 0.1) is 0 Å². The lowest BCUT2D eigenvalue weighted by molar-refractivity contribution is 0.101. The average Bonchev–Trinajstić information content (AvgIpc) is 2.37. The van der Waals surface area contributed by atoms with Crippen LogP contribution >= 0.6 is 0 Å². The highest BCUT2D eigenvalue weighted by molar-refractivity contribution is 5.95. The van der Waals surface area contributed by atoms with E-state index in [1.807, 2.05) is 26.0 Å². The van der Waals surface area contributed by atoms with Gasteiger partial charge in [0.15, 0.2) is 5.78 Å². The maximum absolute atomic E-state index is 11.6. The Balaban J connectivity index is 2.62. The molecule has 0 radical (unpaired) electrons. The first-order valence-electron chi connectivity index (χ1n) is 6.77. The van der Waals surface area contributed by atoms with Crippen LogP contribution in [0, 0.1) is 13.8 Å². The largest absolute Gasteiger partial charge is 0.295 e. The minimum atomic E-state index is 0.0997. The summed E-state index contributed by atoms with van der Waals surface area (Å²) in [5.74, 6) is 0.0997. The number of allylic oxidation sites excluding steroid dienone is 1. The lowest BCUT2D eigenvalue weighted by Crippen LogP contribution is -1.94. The van der Waals surface area contributed by atoms with Gasteiger partial charge in [-0.25, -0.2) is 0 Å². The Morgan fingerprint density at radius 1 is 0.800 bits per heavy atom. The van der Waals surface area contributed by atoms with E-state index in [2.05, 4.69) is 37.8 Å². The van der Waals surface area contributed by atoms with E-state index in [0.29, 0.717) is 0 Å². The molecule has 1 heteroatoms. The first kappa shape index (κ1) is 14.3. The third-order valence-electron chi connectivity index (χ3n) is 3.39. The molecule has 2 aromatic rings. The van der Waals surface area contributed by atoms with Crippen molar-refractivity contribution >= 4 is 11.4 Å². The van der Waals surface area contributed by atoms with E-state index in [-0.39, 0.29) is 5.78 Å². The Labute approximate surface area is 121 Å². The molecule has 0 amide bonds. The number of hydrogen-bond donors (Lipinski definition) is 0. The number of benzene rings is 2. The predicted molar refractivity (Wildman–Crippen MR) is 86.1 cm³/mol. The molecule has 1 nitrogen and oxygen atoms in total. The zero-order chi connectivity index (χ0) is 14.9. The van der Waals surface area contributed by atoms with Crippen LogP contribution in [0.1, 0.15) is 40.9 Å². The van der Waals surface area contributed by atoms with Crippen LogP contribution in [0.15, 0.2) is 43.0 Å². The van der Waals surface area contributed by atoms with Gasteiger partial charge < -0.3 is 0 Å². The van der Waals surface area contributed by atoms with Gasteiger partial charge in [0.1, 0.15) is 0 Å². The average molecular weight is 264 g/mol. The summed E-state index contributed by atoms with van der Waals surface area (Å²) in [6, 6.07) is 12.4. The van der Waals surface area contributed by atoms with Crippen molar-refractivity contribution in [1.82, 2.24) is 0 Å².